The number of hydrogen-bond donors (Lipinski definition) is 1. The van der Waals surface area contributed by atoms with E-state index in [-0.39, 0.29) is 16.6 Å². The van der Waals surface area contributed by atoms with Crippen LogP contribution < -0.4 is 10.9 Å². The van der Waals surface area contributed by atoms with Gasteiger partial charge in [-0.25, -0.2) is 14.6 Å². The van der Waals surface area contributed by atoms with Gasteiger partial charge in [-0.3, -0.25) is 9.59 Å². The van der Waals surface area contributed by atoms with Crippen molar-refractivity contribution in [1.29, 1.82) is 5.26 Å². The molecule has 0 radical (unpaired) electrons. The molecule has 3 aromatic heterocycles. The van der Waals surface area contributed by atoms with Crippen molar-refractivity contribution >= 4 is 17.5 Å². The molecule has 1 aliphatic carbocycles. The van der Waals surface area contributed by atoms with Crippen LogP contribution in [0, 0.1) is 11.3 Å². The maximum Gasteiger partial charge on any atom is 0.266 e. The molecule has 1 atom stereocenters. The lowest BCUT2D eigenvalue weighted by Crippen LogP contribution is -2.29. The Labute approximate surface area is 176 Å². The summed E-state index contributed by atoms with van der Waals surface area (Å²) < 4.78 is 2.64. The molecule has 1 N–H and O–H groups in total. The van der Waals surface area contributed by atoms with Crippen LogP contribution in [0.4, 0.5) is 0 Å². The fraction of sp³-hybridized carbons (Fsp3) is 0.316. The molecular weight excluding hydrogens is 408 g/mol. The Morgan fingerprint density at radius 3 is 2.80 bits per heavy atom. The number of carbonyl (C=O) groups is 1. The first-order valence-electron chi connectivity index (χ1n) is 9.18. The molecule has 10 nitrogen and oxygen atoms in total. The number of nitrogens with zero attached hydrogens (tertiary/aromatic N) is 7. The van der Waals surface area contributed by atoms with Gasteiger partial charge in [-0.2, -0.15) is 15.0 Å². The van der Waals surface area contributed by atoms with E-state index in [1.807, 2.05) is 0 Å². The number of aryl methyl sites for hydroxylation is 1. The van der Waals surface area contributed by atoms with Crippen LogP contribution in [0.5, 0.6) is 0 Å². The van der Waals surface area contributed by atoms with E-state index in [1.165, 1.54) is 40.9 Å². The van der Waals surface area contributed by atoms with Crippen LogP contribution in [0.15, 0.2) is 35.4 Å². The van der Waals surface area contributed by atoms with E-state index in [1.54, 1.807) is 13.0 Å². The molecule has 1 amide bonds. The molecular formula is C19H17ClN8O2. The first kappa shape index (κ1) is 19.7. The van der Waals surface area contributed by atoms with Gasteiger partial charge in [-0.05, 0) is 38.0 Å². The van der Waals surface area contributed by atoms with E-state index in [2.05, 4.69) is 31.6 Å². The zero-order valence-corrected chi connectivity index (χ0v) is 17.0. The smallest absolute Gasteiger partial charge is 0.266 e. The summed E-state index contributed by atoms with van der Waals surface area (Å²) >= 11 is 6.09. The Kier molecular flexibility index (Phi) is 4.83. The highest BCUT2D eigenvalue weighted by molar-refractivity contribution is 6.29. The summed E-state index contributed by atoms with van der Waals surface area (Å²) in [4.78, 5) is 32.9. The molecule has 1 fully saturated rings. The van der Waals surface area contributed by atoms with Gasteiger partial charge in [0, 0.05) is 18.7 Å². The summed E-state index contributed by atoms with van der Waals surface area (Å²) in [5, 5.41) is 20.7. The topological polar surface area (TPSA) is 131 Å². The third-order valence-corrected chi connectivity index (χ3v) is 5.18. The quantitative estimate of drug-likeness (QED) is 0.613. The zero-order chi connectivity index (χ0) is 21.5. The summed E-state index contributed by atoms with van der Waals surface area (Å²) in [5.41, 5.74) is -0.0869. The van der Waals surface area contributed by atoms with Crippen molar-refractivity contribution in [3.05, 3.63) is 63.2 Å². The predicted molar refractivity (Wildman–Crippen MR) is 106 cm³/mol. The minimum atomic E-state index is -0.652. The SMILES string of the molecule is C[C@H](NC(=O)c1cc(Cl)nc(C2(C#N)CC2)c1)c1ncnn1-c1ccc(=O)n(C)n1. The van der Waals surface area contributed by atoms with Crippen molar-refractivity contribution < 1.29 is 4.79 Å². The third-order valence-electron chi connectivity index (χ3n) is 4.98. The largest absolute Gasteiger partial charge is 0.342 e. The maximum absolute atomic E-state index is 12.8. The Morgan fingerprint density at radius 1 is 1.37 bits per heavy atom. The molecule has 3 aromatic rings. The Bertz CT molecular complexity index is 1240. The van der Waals surface area contributed by atoms with Crippen molar-refractivity contribution in [2.75, 3.05) is 0 Å². The Hall–Kier alpha value is -3.58. The van der Waals surface area contributed by atoms with E-state index >= 15 is 0 Å². The molecule has 0 aliphatic heterocycles. The van der Waals surface area contributed by atoms with E-state index in [0.29, 0.717) is 35.7 Å². The standard InChI is InChI=1S/C19H17ClN8O2/c1-11(17-22-10-23-28(17)15-3-4-16(29)27(2)26-15)24-18(30)12-7-13(25-14(20)8-12)19(9-21)5-6-19/h3-4,7-8,10-11H,5-6H2,1-2H3,(H,24,30)/t11-/m0/s1. The van der Waals surface area contributed by atoms with E-state index in [0.717, 1.165) is 0 Å². The second-order valence-corrected chi connectivity index (χ2v) is 7.52. The Balaban J connectivity index is 1.58. The van der Waals surface area contributed by atoms with E-state index in [9.17, 15) is 14.9 Å². The lowest BCUT2D eigenvalue weighted by molar-refractivity contribution is 0.0937. The van der Waals surface area contributed by atoms with Crippen molar-refractivity contribution in [3.8, 4) is 11.9 Å². The second-order valence-electron chi connectivity index (χ2n) is 7.14. The highest BCUT2D eigenvalue weighted by atomic mass is 35.5. The van der Waals surface area contributed by atoms with Gasteiger partial charge in [0.2, 0.25) is 0 Å². The molecule has 3 heterocycles. The molecule has 0 unspecified atom stereocenters. The highest BCUT2D eigenvalue weighted by Crippen LogP contribution is 2.47. The van der Waals surface area contributed by atoms with Crippen molar-refractivity contribution in [2.45, 2.75) is 31.2 Å². The zero-order valence-electron chi connectivity index (χ0n) is 16.2. The predicted octanol–water partition coefficient (Wildman–Crippen LogP) is 1.46. The second kappa shape index (κ2) is 7.35. The fourth-order valence-corrected chi connectivity index (χ4v) is 3.30. The molecule has 152 valence electrons. The molecule has 4 rings (SSSR count). The molecule has 1 aliphatic rings. The first-order chi connectivity index (χ1) is 14.3. The summed E-state index contributed by atoms with van der Waals surface area (Å²) in [6, 6.07) is 7.69. The van der Waals surface area contributed by atoms with Gasteiger partial charge in [0.25, 0.3) is 11.5 Å². The van der Waals surface area contributed by atoms with Gasteiger partial charge in [-0.15, -0.1) is 5.10 Å². The number of carbonyl (C=O) groups excluding carboxylic acids is 1. The number of amides is 1. The van der Waals surface area contributed by atoms with Crippen molar-refractivity contribution in [2.24, 2.45) is 7.05 Å². The highest BCUT2D eigenvalue weighted by Gasteiger charge is 2.46. The van der Waals surface area contributed by atoms with E-state index in [4.69, 9.17) is 11.6 Å². The van der Waals surface area contributed by atoms with Crippen molar-refractivity contribution in [1.82, 2.24) is 34.8 Å². The number of aromatic nitrogens is 6. The molecule has 1 saturated carbocycles. The van der Waals surface area contributed by atoms with Gasteiger partial charge in [-0.1, -0.05) is 11.6 Å². The van der Waals surface area contributed by atoms with Gasteiger partial charge in [0.1, 0.15) is 11.5 Å². The van der Waals surface area contributed by atoms with Crippen LogP contribution in [0.2, 0.25) is 5.15 Å². The monoisotopic (exact) mass is 424 g/mol. The summed E-state index contributed by atoms with van der Waals surface area (Å²) in [6.45, 7) is 1.75. The molecule has 30 heavy (non-hydrogen) atoms. The number of nitrogens with one attached hydrogen (secondary N) is 1. The van der Waals surface area contributed by atoms with Gasteiger partial charge >= 0.3 is 0 Å². The first-order valence-corrected chi connectivity index (χ1v) is 9.55. The minimum Gasteiger partial charge on any atom is -0.342 e. The number of pyridine rings is 1. The number of rotatable bonds is 5. The summed E-state index contributed by atoms with van der Waals surface area (Å²) in [7, 11) is 1.53. The van der Waals surface area contributed by atoms with Crippen LogP contribution in [-0.2, 0) is 12.5 Å². The molecule has 0 saturated heterocycles. The van der Waals surface area contributed by atoms with Crippen LogP contribution >= 0.6 is 11.6 Å². The van der Waals surface area contributed by atoms with Crippen LogP contribution in [0.3, 0.4) is 0 Å². The van der Waals surface area contributed by atoms with Gasteiger partial charge in [0.05, 0.1) is 23.2 Å². The number of hydrogen-bond acceptors (Lipinski definition) is 7. The minimum absolute atomic E-state index is 0.157. The number of nitriles is 1. The summed E-state index contributed by atoms with van der Waals surface area (Å²) in [5.74, 6) is 0.444. The molecule has 0 bridgehead atoms. The summed E-state index contributed by atoms with van der Waals surface area (Å²) in [6.07, 6.45) is 2.74. The van der Waals surface area contributed by atoms with E-state index < -0.39 is 11.5 Å². The molecule has 0 aromatic carbocycles. The third kappa shape index (κ3) is 3.55. The van der Waals surface area contributed by atoms with Gasteiger partial charge < -0.3 is 5.32 Å². The van der Waals surface area contributed by atoms with Crippen LogP contribution in [0.25, 0.3) is 5.82 Å². The van der Waals surface area contributed by atoms with Crippen LogP contribution in [0.1, 0.15) is 47.7 Å². The average molecular weight is 425 g/mol. The average Bonchev–Trinajstić information content (AvgIpc) is 3.37. The normalized spacial score (nSPS) is 15.3. The lowest BCUT2D eigenvalue weighted by atomic mass is 10.0. The van der Waals surface area contributed by atoms with Crippen LogP contribution in [-0.4, -0.2) is 35.4 Å². The number of halogens is 1. The van der Waals surface area contributed by atoms with Crippen molar-refractivity contribution in [3.63, 3.8) is 0 Å². The lowest BCUT2D eigenvalue weighted by Gasteiger charge is -2.15. The fourth-order valence-electron chi connectivity index (χ4n) is 3.09. The Morgan fingerprint density at radius 2 is 2.13 bits per heavy atom. The molecule has 11 heteroatoms. The van der Waals surface area contributed by atoms with Gasteiger partial charge in [0.15, 0.2) is 11.6 Å². The molecule has 0 spiro atoms. The maximum atomic E-state index is 12.8.